The standard InChI is InChI=1S/C17H19N3/c18-9-13-14(19)7-8-15-16(13)11-3-1-2-4-12(11)17(20-15)10-5-6-10/h7-10,18H,1-6,19H2. The molecule has 2 aliphatic carbocycles. The minimum absolute atomic E-state index is 0.687. The number of nitrogens with two attached hydrogens (primary N) is 1. The number of nitrogen functional groups attached to an aromatic ring is 1. The predicted molar refractivity (Wildman–Crippen MR) is 82.7 cm³/mol. The fourth-order valence-electron chi connectivity index (χ4n) is 3.55. The number of fused-ring (bicyclic) bond motifs is 3. The minimum atomic E-state index is 0.687. The Bertz CT molecular complexity index is 714. The molecule has 0 saturated heterocycles. The van der Waals surface area contributed by atoms with E-state index in [1.807, 2.05) is 12.1 Å². The summed E-state index contributed by atoms with van der Waals surface area (Å²) in [6, 6.07) is 3.92. The number of aromatic nitrogens is 1. The third-order valence-electron chi connectivity index (χ3n) is 4.69. The molecule has 1 heterocycles. The topological polar surface area (TPSA) is 62.8 Å². The summed E-state index contributed by atoms with van der Waals surface area (Å²) < 4.78 is 0. The van der Waals surface area contributed by atoms with Gasteiger partial charge in [0.15, 0.2) is 0 Å². The van der Waals surface area contributed by atoms with E-state index in [0.717, 1.165) is 29.3 Å². The molecule has 3 nitrogen and oxygen atoms in total. The van der Waals surface area contributed by atoms with Gasteiger partial charge in [0.25, 0.3) is 0 Å². The van der Waals surface area contributed by atoms with Crippen molar-refractivity contribution in [1.82, 2.24) is 4.98 Å². The molecule has 4 rings (SSSR count). The van der Waals surface area contributed by atoms with Crippen LogP contribution in [-0.2, 0) is 12.8 Å². The smallest absolute Gasteiger partial charge is 0.0716 e. The lowest BCUT2D eigenvalue weighted by atomic mass is 9.85. The molecule has 0 amide bonds. The second kappa shape index (κ2) is 4.30. The number of benzene rings is 1. The fraction of sp³-hybridized carbons (Fsp3) is 0.412. The predicted octanol–water partition coefficient (Wildman–Crippen LogP) is 3.57. The number of rotatable bonds is 2. The number of hydrogen-bond donors (Lipinski definition) is 2. The van der Waals surface area contributed by atoms with Gasteiger partial charge in [0, 0.05) is 34.5 Å². The van der Waals surface area contributed by atoms with Gasteiger partial charge in [0.1, 0.15) is 0 Å². The maximum atomic E-state index is 7.70. The first kappa shape index (κ1) is 11.9. The van der Waals surface area contributed by atoms with Gasteiger partial charge in [0.05, 0.1) is 5.52 Å². The molecule has 1 aromatic heterocycles. The number of anilines is 1. The summed E-state index contributed by atoms with van der Waals surface area (Å²) in [5.74, 6) is 0.687. The average molecular weight is 265 g/mol. The molecule has 0 spiro atoms. The summed E-state index contributed by atoms with van der Waals surface area (Å²) in [7, 11) is 0. The monoisotopic (exact) mass is 265 g/mol. The molecule has 3 N–H and O–H groups in total. The van der Waals surface area contributed by atoms with E-state index in [2.05, 4.69) is 0 Å². The van der Waals surface area contributed by atoms with E-state index in [9.17, 15) is 0 Å². The zero-order valence-electron chi connectivity index (χ0n) is 11.6. The Kier molecular flexibility index (Phi) is 2.56. The van der Waals surface area contributed by atoms with E-state index in [1.165, 1.54) is 48.7 Å². The highest BCUT2D eigenvalue weighted by Gasteiger charge is 2.31. The summed E-state index contributed by atoms with van der Waals surface area (Å²) in [5.41, 5.74) is 12.9. The number of nitrogens with zero attached hydrogens (tertiary/aromatic N) is 1. The van der Waals surface area contributed by atoms with Crippen molar-refractivity contribution in [2.75, 3.05) is 5.73 Å². The van der Waals surface area contributed by atoms with E-state index >= 15 is 0 Å². The quantitative estimate of drug-likeness (QED) is 0.644. The first-order chi connectivity index (χ1) is 9.79. The number of aryl methyl sites for hydroxylation is 1. The highest BCUT2D eigenvalue weighted by molar-refractivity contribution is 6.04. The van der Waals surface area contributed by atoms with Crippen LogP contribution in [0.3, 0.4) is 0 Å². The first-order valence-corrected chi connectivity index (χ1v) is 7.54. The van der Waals surface area contributed by atoms with Crippen molar-refractivity contribution in [1.29, 1.82) is 5.41 Å². The van der Waals surface area contributed by atoms with Crippen molar-refractivity contribution < 1.29 is 0 Å². The van der Waals surface area contributed by atoms with Crippen LogP contribution in [0.5, 0.6) is 0 Å². The molecular formula is C17H19N3. The summed E-state index contributed by atoms with van der Waals surface area (Å²) in [4.78, 5) is 4.94. The third kappa shape index (κ3) is 1.65. The summed E-state index contributed by atoms with van der Waals surface area (Å²) >= 11 is 0. The first-order valence-electron chi connectivity index (χ1n) is 7.54. The van der Waals surface area contributed by atoms with Gasteiger partial charge in [-0.25, -0.2) is 0 Å². The van der Waals surface area contributed by atoms with Gasteiger partial charge in [-0.05, 0) is 61.8 Å². The fourth-order valence-corrected chi connectivity index (χ4v) is 3.55. The van der Waals surface area contributed by atoms with Crippen LogP contribution >= 0.6 is 0 Å². The van der Waals surface area contributed by atoms with Crippen LogP contribution in [0.25, 0.3) is 10.9 Å². The molecular weight excluding hydrogens is 246 g/mol. The lowest BCUT2D eigenvalue weighted by Crippen LogP contribution is -2.11. The molecule has 2 aliphatic rings. The molecule has 1 saturated carbocycles. The Hall–Kier alpha value is -1.90. The molecule has 2 aromatic rings. The van der Waals surface area contributed by atoms with Crippen LogP contribution in [0.15, 0.2) is 12.1 Å². The van der Waals surface area contributed by atoms with Crippen LogP contribution in [-0.4, -0.2) is 11.2 Å². The van der Waals surface area contributed by atoms with Crippen molar-refractivity contribution in [3.05, 3.63) is 34.5 Å². The van der Waals surface area contributed by atoms with Crippen LogP contribution in [0.1, 0.15) is 54.0 Å². The van der Waals surface area contributed by atoms with Gasteiger partial charge in [-0.3, -0.25) is 4.98 Å². The summed E-state index contributed by atoms with van der Waals surface area (Å²) in [6.07, 6.45) is 8.74. The van der Waals surface area contributed by atoms with E-state index in [1.54, 1.807) is 0 Å². The Morgan fingerprint density at radius 1 is 1.15 bits per heavy atom. The van der Waals surface area contributed by atoms with Crippen molar-refractivity contribution in [3.8, 4) is 0 Å². The van der Waals surface area contributed by atoms with Gasteiger partial charge < -0.3 is 11.1 Å². The molecule has 1 fully saturated rings. The van der Waals surface area contributed by atoms with Crippen LogP contribution in [0.4, 0.5) is 5.69 Å². The second-order valence-electron chi connectivity index (χ2n) is 6.04. The molecule has 0 atom stereocenters. The largest absolute Gasteiger partial charge is 0.398 e. The van der Waals surface area contributed by atoms with E-state index in [0.29, 0.717) is 11.6 Å². The number of hydrogen-bond acceptors (Lipinski definition) is 3. The number of nitrogens with one attached hydrogen (secondary N) is 1. The Labute approximate surface area is 118 Å². The van der Waals surface area contributed by atoms with E-state index < -0.39 is 0 Å². The maximum Gasteiger partial charge on any atom is 0.0716 e. The Morgan fingerprint density at radius 2 is 1.90 bits per heavy atom. The van der Waals surface area contributed by atoms with Crippen LogP contribution in [0, 0.1) is 5.41 Å². The van der Waals surface area contributed by atoms with Crippen molar-refractivity contribution >= 4 is 22.8 Å². The zero-order valence-corrected chi connectivity index (χ0v) is 11.6. The molecule has 3 heteroatoms. The lowest BCUT2D eigenvalue weighted by molar-refractivity contribution is 0.678. The highest BCUT2D eigenvalue weighted by atomic mass is 14.7. The number of pyridine rings is 1. The van der Waals surface area contributed by atoms with Gasteiger partial charge in [-0.1, -0.05) is 0 Å². The molecule has 20 heavy (non-hydrogen) atoms. The normalized spacial score (nSPS) is 18.0. The van der Waals surface area contributed by atoms with E-state index in [-0.39, 0.29) is 0 Å². The molecule has 1 aromatic carbocycles. The van der Waals surface area contributed by atoms with Gasteiger partial charge >= 0.3 is 0 Å². The average Bonchev–Trinajstić information content (AvgIpc) is 3.31. The molecule has 0 bridgehead atoms. The SMILES string of the molecule is N=Cc1c(N)ccc2nc(C3CC3)c3c(c12)CCCC3. The van der Waals surface area contributed by atoms with Crippen LogP contribution in [0.2, 0.25) is 0 Å². The second-order valence-corrected chi connectivity index (χ2v) is 6.04. The van der Waals surface area contributed by atoms with Crippen molar-refractivity contribution in [3.63, 3.8) is 0 Å². The minimum Gasteiger partial charge on any atom is -0.398 e. The Balaban J connectivity index is 2.11. The maximum absolute atomic E-state index is 7.70. The molecule has 0 unspecified atom stereocenters. The van der Waals surface area contributed by atoms with Crippen molar-refractivity contribution in [2.45, 2.75) is 44.4 Å². The molecule has 0 aliphatic heterocycles. The summed E-state index contributed by atoms with van der Waals surface area (Å²) in [5, 5.41) is 8.84. The highest BCUT2D eigenvalue weighted by Crippen LogP contribution is 2.44. The van der Waals surface area contributed by atoms with Crippen LogP contribution < -0.4 is 5.73 Å². The van der Waals surface area contributed by atoms with Gasteiger partial charge in [0.2, 0.25) is 0 Å². The zero-order chi connectivity index (χ0) is 13.7. The van der Waals surface area contributed by atoms with E-state index in [4.69, 9.17) is 16.1 Å². The Morgan fingerprint density at radius 3 is 2.60 bits per heavy atom. The summed E-state index contributed by atoms with van der Waals surface area (Å²) in [6.45, 7) is 0. The molecule has 0 radical (unpaired) electrons. The third-order valence-corrected chi connectivity index (χ3v) is 4.69. The van der Waals surface area contributed by atoms with Gasteiger partial charge in [-0.15, -0.1) is 0 Å². The molecule has 102 valence electrons. The van der Waals surface area contributed by atoms with Gasteiger partial charge in [-0.2, -0.15) is 0 Å². The lowest BCUT2D eigenvalue weighted by Gasteiger charge is -2.22. The van der Waals surface area contributed by atoms with Crippen molar-refractivity contribution in [2.24, 2.45) is 0 Å².